The van der Waals surface area contributed by atoms with Gasteiger partial charge in [-0.25, -0.2) is 4.98 Å². The van der Waals surface area contributed by atoms with Gasteiger partial charge < -0.3 is 16.0 Å². The van der Waals surface area contributed by atoms with Crippen LogP contribution < -0.4 is 11.1 Å². The van der Waals surface area contributed by atoms with E-state index < -0.39 is 0 Å². The summed E-state index contributed by atoms with van der Waals surface area (Å²) < 4.78 is 0. The van der Waals surface area contributed by atoms with E-state index in [0.29, 0.717) is 37.1 Å². The first-order valence-corrected chi connectivity index (χ1v) is 8.78. The zero-order valence-corrected chi connectivity index (χ0v) is 13.4. The lowest BCUT2D eigenvalue weighted by Crippen LogP contribution is -2.37. The normalized spacial score (nSPS) is 22.5. The Balaban J connectivity index is 1.45. The van der Waals surface area contributed by atoms with Crippen molar-refractivity contribution in [2.45, 2.75) is 44.6 Å². The number of carbonyl (C=O) groups excluding carboxylic acids is 2. The maximum Gasteiger partial charge on any atom is 0.225 e. The van der Waals surface area contributed by atoms with Crippen molar-refractivity contribution in [3.05, 3.63) is 11.1 Å². The number of nitrogen functional groups attached to an aromatic ring is 1. The van der Waals surface area contributed by atoms with E-state index in [1.54, 1.807) is 0 Å². The molecule has 1 aliphatic carbocycles. The number of amides is 2. The number of nitrogens with one attached hydrogen (secondary N) is 1. The lowest BCUT2D eigenvalue weighted by atomic mass is 10.1. The third kappa shape index (κ3) is 3.40. The standard InChI is InChI=1S/C15H22N4O2S/c16-15-18-11(9-22-15)5-6-17-14(21)10-7-13(20)19(8-10)12-3-1-2-4-12/h9-10,12H,1-8H2,(H2,16,18)(H,17,21). The number of aromatic nitrogens is 1. The largest absolute Gasteiger partial charge is 0.375 e. The maximum atomic E-state index is 12.2. The Morgan fingerprint density at radius 2 is 2.23 bits per heavy atom. The van der Waals surface area contributed by atoms with Crippen molar-refractivity contribution in [2.75, 3.05) is 18.8 Å². The number of thiazole rings is 1. The van der Waals surface area contributed by atoms with Crippen LogP contribution in [0.4, 0.5) is 5.13 Å². The van der Waals surface area contributed by atoms with Crippen molar-refractivity contribution in [1.82, 2.24) is 15.2 Å². The third-order valence-corrected chi connectivity index (χ3v) is 5.27. The lowest BCUT2D eigenvalue weighted by molar-refractivity contribution is -0.130. The van der Waals surface area contributed by atoms with Gasteiger partial charge >= 0.3 is 0 Å². The fourth-order valence-electron chi connectivity index (χ4n) is 3.37. The van der Waals surface area contributed by atoms with Crippen LogP contribution in [-0.2, 0) is 16.0 Å². The van der Waals surface area contributed by atoms with Gasteiger partial charge in [-0.05, 0) is 12.8 Å². The molecule has 1 aliphatic heterocycles. The van der Waals surface area contributed by atoms with Gasteiger partial charge in [-0.15, -0.1) is 11.3 Å². The van der Waals surface area contributed by atoms with Crippen LogP contribution >= 0.6 is 11.3 Å². The summed E-state index contributed by atoms with van der Waals surface area (Å²) in [5, 5.41) is 5.38. The van der Waals surface area contributed by atoms with Crippen LogP contribution in [0.1, 0.15) is 37.8 Å². The van der Waals surface area contributed by atoms with E-state index >= 15 is 0 Å². The molecule has 0 aromatic carbocycles. The second-order valence-electron chi connectivity index (χ2n) is 6.10. The molecule has 2 fully saturated rings. The van der Waals surface area contributed by atoms with Crippen LogP contribution in [0.25, 0.3) is 0 Å². The molecular weight excluding hydrogens is 300 g/mol. The SMILES string of the molecule is Nc1nc(CCNC(=O)C2CC(=O)N(C3CCCC3)C2)cs1. The highest BCUT2D eigenvalue weighted by atomic mass is 32.1. The van der Waals surface area contributed by atoms with E-state index in [-0.39, 0.29) is 17.7 Å². The molecule has 22 heavy (non-hydrogen) atoms. The Hall–Kier alpha value is -1.63. The summed E-state index contributed by atoms with van der Waals surface area (Å²) in [7, 11) is 0. The second-order valence-corrected chi connectivity index (χ2v) is 6.99. The summed E-state index contributed by atoms with van der Waals surface area (Å²) in [6.07, 6.45) is 5.60. The Morgan fingerprint density at radius 3 is 2.91 bits per heavy atom. The van der Waals surface area contributed by atoms with E-state index in [4.69, 9.17) is 5.73 Å². The fourth-order valence-corrected chi connectivity index (χ4v) is 3.97. The van der Waals surface area contributed by atoms with Gasteiger partial charge in [0.25, 0.3) is 0 Å². The maximum absolute atomic E-state index is 12.2. The molecule has 2 heterocycles. The predicted molar refractivity (Wildman–Crippen MR) is 85.3 cm³/mol. The topological polar surface area (TPSA) is 88.3 Å². The number of rotatable bonds is 5. The molecule has 0 spiro atoms. The summed E-state index contributed by atoms with van der Waals surface area (Å²) in [6, 6.07) is 0.364. The molecular formula is C15H22N4O2S. The minimum atomic E-state index is -0.200. The smallest absolute Gasteiger partial charge is 0.225 e. The lowest BCUT2D eigenvalue weighted by Gasteiger charge is -2.23. The Bertz CT molecular complexity index is 553. The third-order valence-electron chi connectivity index (χ3n) is 4.54. The highest BCUT2D eigenvalue weighted by Gasteiger charge is 2.38. The summed E-state index contributed by atoms with van der Waals surface area (Å²) in [4.78, 5) is 30.4. The first kappa shape index (κ1) is 15.3. The van der Waals surface area contributed by atoms with E-state index in [1.165, 1.54) is 24.2 Å². The van der Waals surface area contributed by atoms with Crippen LogP contribution in [0.2, 0.25) is 0 Å². The van der Waals surface area contributed by atoms with Crippen LogP contribution in [0.5, 0.6) is 0 Å². The highest BCUT2D eigenvalue weighted by Crippen LogP contribution is 2.29. The van der Waals surface area contributed by atoms with Gasteiger partial charge in [0, 0.05) is 37.4 Å². The number of nitrogens with two attached hydrogens (primary N) is 1. The summed E-state index contributed by atoms with van der Waals surface area (Å²) in [6.45, 7) is 1.12. The molecule has 7 heteroatoms. The minimum absolute atomic E-state index is 0.0166. The van der Waals surface area contributed by atoms with Crippen LogP contribution in [0.15, 0.2) is 5.38 Å². The van der Waals surface area contributed by atoms with Crippen molar-refractivity contribution >= 4 is 28.3 Å². The average molecular weight is 322 g/mol. The Morgan fingerprint density at radius 1 is 1.45 bits per heavy atom. The molecule has 120 valence electrons. The molecule has 1 atom stereocenters. The quantitative estimate of drug-likeness (QED) is 0.852. The molecule has 6 nitrogen and oxygen atoms in total. The zero-order valence-electron chi connectivity index (χ0n) is 12.6. The molecule has 1 aromatic rings. The number of anilines is 1. The summed E-state index contributed by atoms with van der Waals surface area (Å²) in [5.74, 6) is -0.0787. The number of hydrogen-bond acceptors (Lipinski definition) is 5. The predicted octanol–water partition coefficient (Wildman–Crippen LogP) is 1.18. The fraction of sp³-hybridized carbons (Fsp3) is 0.667. The van der Waals surface area contributed by atoms with Crippen molar-refractivity contribution in [3.63, 3.8) is 0 Å². The number of hydrogen-bond donors (Lipinski definition) is 2. The zero-order chi connectivity index (χ0) is 15.5. The van der Waals surface area contributed by atoms with Crippen molar-refractivity contribution in [2.24, 2.45) is 5.92 Å². The van der Waals surface area contributed by atoms with Gasteiger partial charge in [-0.2, -0.15) is 0 Å². The molecule has 0 radical (unpaired) electrons. The number of carbonyl (C=O) groups is 2. The molecule has 2 amide bonds. The first-order valence-electron chi connectivity index (χ1n) is 7.90. The van der Waals surface area contributed by atoms with Gasteiger partial charge in [0.2, 0.25) is 11.8 Å². The van der Waals surface area contributed by atoms with Crippen molar-refractivity contribution in [1.29, 1.82) is 0 Å². The van der Waals surface area contributed by atoms with E-state index in [2.05, 4.69) is 10.3 Å². The molecule has 2 aliphatic rings. The summed E-state index contributed by atoms with van der Waals surface area (Å²) in [5.41, 5.74) is 6.48. The van der Waals surface area contributed by atoms with Gasteiger partial charge in [-0.3, -0.25) is 9.59 Å². The number of likely N-dealkylation sites (tertiary alicyclic amines) is 1. The molecule has 1 saturated heterocycles. The Kier molecular flexibility index (Phi) is 4.61. The molecule has 1 saturated carbocycles. The monoisotopic (exact) mass is 322 g/mol. The number of nitrogens with zero attached hydrogens (tertiary/aromatic N) is 2. The molecule has 3 rings (SSSR count). The van der Waals surface area contributed by atoms with E-state index in [9.17, 15) is 9.59 Å². The highest BCUT2D eigenvalue weighted by molar-refractivity contribution is 7.13. The van der Waals surface area contributed by atoms with Gasteiger partial charge in [0.15, 0.2) is 5.13 Å². The van der Waals surface area contributed by atoms with Gasteiger partial charge in [0.1, 0.15) is 0 Å². The molecule has 3 N–H and O–H groups in total. The minimum Gasteiger partial charge on any atom is -0.375 e. The van der Waals surface area contributed by atoms with Gasteiger partial charge in [0.05, 0.1) is 11.6 Å². The Labute approximate surface area is 134 Å². The average Bonchev–Trinajstić information content (AvgIpc) is 3.19. The molecule has 1 unspecified atom stereocenters. The van der Waals surface area contributed by atoms with E-state index in [0.717, 1.165) is 18.5 Å². The first-order chi connectivity index (χ1) is 10.6. The van der Waals surface area contributed by atoms with Crippen LogP contribution in [-0.4, -0.2) is 40.8 Å². The second kappa shape index (κ2) is 6.64. The van der Waals surface area contributed by atoms with Crippen LogP contribution in [0, 0.1) is 5.92 Å². The summed E-state index contributed by atoms with van der Waals surface area (Å²) >= 11 is 1.41. The van der Waals surface area contributed by atoms with Gasteiger partial charge in [-0.1, -0.05) is 12.8 Å². The van der Waals surface area contributed by atoms with Crippen molar-refractivity contribution in [3.8, 4) is 0 Å². The van der Waals surface area contributed by atoms with E-state index in [1.807, 2.05) is 10.3 Å². The van der Waals surface area contributed by atoms with Crippen molar-refractivity contribution < 1.29 is 9.59 Å². The van der Waals surface area contributed by atoms with Crippen LogP contribution in [0.3, 0.4) is 0 Å². The molecule has 0 bridgehead atoms. The molecule has 1 aromatic heterocycles.